The Labute approximate surface area is 99.4 Å². The van der Waals surface area contributed by atoms with Gasteiger partial charge >= 0.3 is 0 Å². The second-order valence-electron chi connectivity index (χ2n) is 5.72. The lowest BCUT2D eigenvalue weighted by Crippen LogP contribution is -2.51. The molecule has 0 aromatic rings. The Morgan fingerprint density at radius 1 is 1.44 bits per heavy atom. The van der Waals surface area contributed by atoms with Crippen molar-refractivity contribution in [1.82, 2.24) is 4.90 Å². The zero-order valence-corrected chi connectivity index (χ0v) is 11.1. The van der Waals surface area contributed by atoms with Crippen LogP contribution >= 0.6 is 0 Å². The van der Waals surface area contributed by atoms with E-state index in [0.717, 1.165) is 25.8 Å². The van der Waals surface area contributed by atoms with Crippen LogP contribution in [0, 0.1) is 11.3 Å². The van der Waals surface area contributed by atoms with Gasteiger partial charge in [0.2, 0.25) is 5.91 Å². The molecule has 0 saturated carbocycles. The van der Waals surface area contributed by atoms with E-state index in [1.165, 1.54) is 0 Å². The molecule has 0 spiro atoms. The van der Waals surface area contributed by atoms with E-state index in [1.807, 2.05) is 18.7 Å². The Morgan fingerprint density at radius 2 is 2.06 bits per heavy atom. The molecule has 1 aliphatic heterocycles. The number of carbonyl (C=O) groups excluding carboxylic acids is 1. The summed E-state index contributed by atoms with van der Waals surface area (Å²) in [5.41, 5.74) is 5.48. The first kappa shape index (κ1) is 13.5. The van der Waals surface area contributed by atoms with Crippen molar-refractivity contribution in [3.05, 3.63) is 0 Å². The molecule has 2 N–H and O–H groups in total. The van der Waals surface area contributed by atoms with Gasteiger partial charge in [-0.05, 0) is 38.6 Å². The Kier molecular flexibility index (Phi) is 4.36. The van der Waals surface area contributed by atoms with E-state index >= 15 is 0 Å². The molecule has 0 aromatic heterocycles. The molecule has 0 aromatic carbocycles. The number of nitrogens with zero attached hydrogens (tertiary/aromatic N) is 1. The van der Waals surface area contributed by atoms with Crippen LogP contribution in [-0.4, -0.2) is 29.9 Å². The highest BCUT2D eigenvalue weighted by atomic mass is 16.2. The lowest BCUT2D eigenvalue weighted by Gasteiger charge is -2.41. The first-order valence-corrected chi connectivity index (χ1v) is 6.43. The first-order valence-electron chi connectivity index (χ1n) is 6.43. The maximum Gasteiger partial charge on any atom is 0.228 e. The highest BCUT2D eigenvalue weighted by Crippen LogP contribution is 2.29. The summed E-state index contributed by atoms with van der Waals surface area (Å²) in [6.45, 7) is 9.84. The Hall–Kier alpha value is -0.570. The van der Waals surface area contributed by atoms with Crippen molar-refractivity contribution in [2.45, 2.75) is 53.0 Å². The SMILES string of the molecule is CCC(C)(C)C(=O)N1CC(CN)CCC1C. The van der Waals surface area contributed by atoms with Gasteiger partial charge in [-0.1, -0.05) is 20.8 Å². The van der Waals surface area contributed by atoms with E-state index in [0.29, 0.717) is 24.4 Å². The maximum atomic E-state index is 12.4. The monoisotopic (exact) mass is 226 g/mol. The zero-order valence-electron chi connectivity index (χ0n) is 11.1. The topological polar surface area (TPSA) is 46.3 Å². The van der Waals surface area contributed by atoms with E-state index in [-0.39, 0.29) is 5.41 Å². The second kappa shape index (κ2) is 5.17. The predicted octanol–water partition coefficient (Wildman–Crippen LogP) is 2.01. The summed E-state index contributed by atoms with van der Waals surface area (Å²) >= 11 is 0. The fraction of sp³-hybridized carbons (Fsp3) is 0.923. The molecular formula is C13H26N2O. The summed E-state index contributed by atoms with van der Waals surface area (Å²) in [5, 5.41) is 0. The van der Waals surface area contributed by atoms with Gasteiger partial charge in [-0.2, -0.15) is 0 Å². The highest BCUT2D eigenvalue weighted by Gasteiger charge is 2.35. The van der Waals surface area contributed by atoms with Gasteiger partial charge in [-0.3, -0.25) is 4.79 Å². The van der Waals surface area contributed by atoms with E-state index in [1.54, 1.807) is 0 Å². The Morgan fingerprint density at radius 3 is 2.56 bits per heavy atom. The Bertz CT molecular complexity index is 250. The number of rotatable bonds is 3. The van der Waals surface area contributed by atoms with E-state index in [9.17, 15) is 4.79 Å². The predicted molar refractivity (Wildman–Crippen MR) is 67.0 cm³/mol. The molecule has 0 radical (unpaired) electrons. The van der Waals surface area contributed by atoms with E-state index in [4.69, 9.17) is 5.73 Å². The normalized spacial score (nSPS) is 26.9. The summed E-state index contributed by atoms with van der Waals surface area (Å²) in [7, 11) is 0. The number of carbonyl (C=O) groups is 1. The highest BCUT2D eigenvalue weighted by molar-refractivity contribution is 5.82. The van der Waals surface area contributed by atoms with Gasteiger partial charge in [-0.15, -0.1) is 0 Å². The quantitative estimate of drug-likeness (QED) is 0.800. The molecule has 3 nitrogen and oxygen atoms in total. The lowest BCUT2D eigenvalue weighted by molar-refractivity contribution is -0.145. The minimum atomic E-state index is -0.231. The molecule has 3 heteroatoms. The summed E-state index contributed by atoms with van der Waals surface area (Å²) < 4.78 is 0. The minimum absolute atomic E-state index is 0.231. The van der Waals surface area contributed by atoms with Gasteiger partial charge < -0.3 is 10.6 Å². The van der Waals surface area contributed by atoms with Crippen LogP contribution in [0.25, 0.3) is 0 Å². The van der Waals surface area contributed by atoms with Crippen LogP contribution in [0.2, 0.25) is 0 Å². The van der Waals surface area contributed by atoms with E-state index in [2.05, 4.69) is 13.8 Å². The van der Waals surface area contributed by atoms with Gasteiger partial charge in [0.15, 0.2) is 0 Å². The average molecular weight is 226 g/mol. The van der Waals surface area contributed by atoms with Crippen LogP contribution in [0.5, 0.6) is 0 Å². The van der Waals surface area contributed by atoms with Crippen molar-refractivity contribution < 1.29 is 4.79 Å². The fourth-order valence-electron chi connectivity index (χ4n) is 2.20. The third-order valence-corrected chi connectivity index (χ3v) is 4.04. The van der Waals surface area contributed by atoms with Crippen molar-refractivity contribution >= 4 is 5.91 Å². The lowest BCUT2D eigenvalue weighted by atomic mass is 9.85. The summed E-state index contributed by atoms with van der Waals surface area (Å²) in [5.74, 6) is 0.786. The number of likely N-dealkylation sites (tertiary alicyclic amines) is 1. The van der Waals surface area contributed by atoms with Crippen LogP contribution in [0.1, 0.15) is 47.0 Å². The van der Waals surface area contributed by atoms with Crippen molar-refractivity contribution in [2.75, 3.05) is 13.1 Å². The van der Waals surface area contributed by atoms with E-state index < -0.39 is 0 Å². The summed E-state index contributed by atoms with van der Waals surface area (Å²) in [6.07, 6.45) is 3.14. The third kappa shape index (κ3) is 2.76. The molecule has 0 bridgehead atoms. The third-order valence-electron chi connectivity index (χ3n) is 4.04. The standard InChI is InChI=1S/C13H26N2O/c1-5-13(3,4)12(16)15-9-11(8-14)7-6-10(15)2/h10-11H,5-9,14H2,1-4H3. The molecule has 1 rings (SSSR count). The summed E-state index contributed by atoms with van der Waals surface area (Å²) in [4.78, 5) is 14.5. The molecule has 0 aliphatic carbocycles. The molecule has 2 unspecified atom stereocenters. The molecular weight excluding hydrogens is 200 g/mol. The van der Waals surface area contributed by atoms with Gasteiger partial charge in [0.05, 0.1) is 0 Å². The van der Waals surface area contributed by atoms with Crippen molar-refractivity contribution in [1.29, 1.82) is 0 Å². The zero-order chi connectivity index (χ0) is 12.3. The number of nitrogens with two attached hydrogens (primary N) is 1. The Balaban J connectivity index is 2.73. The average Bonchev–Trinajstić information content (AvgIpc) is 2.29. The molecule has 2 atom stereocenters. The molecule has 1 saturated heterocycles. The molecule has 1 aliphatic rings. The van der Waals surface area contributed by atoms with Gasteiger partial charge in [0.1, 0.15) is 0 Å². The molecule has 1 amide bonds. The second-order valence-corrected chi connectivity index (χ2v) is 5.72. The maximum absolute atomic E-state index is 12.4. The number of hydrogen-bond donors (Lipinski definition) is 1. The van der Waals surface area contributed by atoms with Crippen molar-refractivity contribution in [2.24, 2.45) is 17.1 Å². The van der Waals surface area contributed by atoms with Gasteiger partial charge in [0, 0.05) is 18.0 Å². The smallest absolute Gasteiger partial charge is 0.228 e. The number of piperidine rings is 1. The van der Waals surface area contributed by atoms with Crippen LogP contribution in [0.15, 0.2) is 0 Å². The first-order chi connectivity index (χ1) is 7.42. The molecule has 16 heavy (non-hydrogen) atoms. The van der Waals surface area contributed by atoms with Crippen molar-refractivity contribution in [3.63, 3.8) is 0 Å². The number of amides is 1. The van der Waals surface area contributed by atoms with Crippen LogP contribution in [0.4, 0.5) is 0 Å². The van der Waals surface area contributed by atoms with Gasteiger partial charge in [0.25, 0.3) is 0 Å². The van der Waals surface area contributed by atoms with Crippen LogP contribution in [0.3, 0.4) is 0 Å². The van der Waals surface area contributed by atoms with Crippen molar-refractivity contribution in [3.8, 4) is 0 Å². The number of hydrogen-bond acceptors (Lipinski definition) is 2. The van der Waals surface area contributed by atoms with Gasteiger partial charge in [-0.25, -0.2) is 0 Å². The summed E-state index contributed by atoms with van der Waals surface area (Å²) in [6, 6.07) is 0.376. The molecule has 1 fully saturated rings. The fourth-order valence-corrected chi connectivity index (χ4v) is 2.20. The largest absolute Gasteiger partial charge is 0.339 e. The van der Waals surface area contributed by atoms with Crippen LogP contribution < -0.4 is 5.73 Å². The minimum Gasteiger partial charge on any atom is -0.339 e. The van der Waals surface area contributed by atoms with Crippen LogP contribution in [-0.2, 0) is 4.79 Å². The molecule has 94 valence electrons. The molecule has 1 heterocycles.